The normalized spacial score (nSPS) is 17.8. The van der Waals surface area contributed by atoms with Crippen molar-refractivity contribution in [3.8, 4) is 0 Å². The molecule has 1 atom stereocenters. The molecule has 1 aromatic heterocycles. The fraction of sp³-hybridized carbons (Fsp3) is 0.421. The highest BCUT2D eigenvalue weighted by atomic mass is 35.5. The molecule has 5 heteroatoms. The number of pyridine rings is 1. The Balaban J connectivity index is 1.42. The van der Waals surface area contributed by atoms with Crippen LogP contribution in [0, 0.1) is 0 Å². The van der Waals surface area contributed by atoms with Gasteiger partial charge in [-0.25, -0.2) is 0 Å². The third-order valence-corrected chi connectivity index (χ3v) is 5.00. The molecular formula is C19H24ClN3O. The van der Waals surface area contributed by atoms with Crippen molar-refractivity contribution >= 4 is 11.6 Å². The van der Waals surface area contributed by atoms with Gasteiger partial charge in [-0.05, 0) is 55.3 Å². The van der Waals surface area contributed by atoms with Gasteiger partial charge >= 0.3 is 0 Å². The molecule has 1 unspecified atom stereocenters. The van der Waals surface area contributed by atoms with Crippen molar-refractivity contribution in [3.05, 3.63) is 64.9 Å². The number of nitrogens with one attached hydrogen (secondary N) is 1. The number of nitrogens with zero attached hydrogens (tertiary/aromatic N) is 2. The molecule has 4 nitrogen and oxygen atoms in total. The standard InChI is InChI=1S/C19H24ClN3O/c20-18-4-2-1-3-16(18)14-23-11-7-17(8-12-23)22-13-19(24)15-5-9-21-10-6-15/h1-6,9-10,17,19,22,24H,7-8,11-14H2. The van der Waals surface area contributed by atoms with Crippen molar-refractivity contribution in [2.75, 3.05) is 19.6 Å². The highest BCUT2D eigenvalue weighted by molar-refractivity contribution is 6.31. The van der Waals surface area contributed by atoms with Crippen LogP contribution in [0.1, 0.15) is 30.1 Å². The number of benzene rings is 1. The van der Waals surface area contributed by atoms with E-state index < -0.39 is 6.10 Å². The lowest BCUT2D eigenvalue weighted by Gasteiger charge is -2.33. The Hall–Kier alpha value is -1.46. The first-order valence-electron chi connectivity index (χ1n) is 8.49. The lowest BCUT2D eigenvalue weighted by atomic mass is 10.0. The topological polar surface area (TPSA) is 48.4 Å². The van der Waals surface area contributed by atoms with Crippen LogP contribution in [0.15, 0.2) is 48.8 Å². The maximum absolute atomic E-state index is 10.2. The van der Waals surface area contributed by atoms with Crippen LogP contribution in [0.4, 0.5) is 0 Å². The van der Waals surface area contributed by atoms with Gasteiger partial charge in [0.1, 0.15) is 0 Å². The molecule has 0 aliphatic carbocycles. The average molecular weight is 346 g/mol. The predicted octanol–water partition coefficient (Wildman–Crippen LogP) is 3.02. The molecule has 2 heterocycles. The molecule has 2 N–H and O–H groups in total. The summed E-state index contributed by atoms with van der Waals surface area (Å²) in [6.07, 6.45) is 5.13. The first kappa shape index (κ1) is 17.4. The van der Waals surface area contributed by atoms with Gasteiger partial charge in [-0.1, -0.05) is 29.8 Å². The number of likely N-dealkylation sites (tertiary alicyclic amines) is 1. The molecule has 0 amide bonds. The number of piperidine rings is 1. The van der Waals surface area contributed by atoms with E-state index in [-0.39, 0.29) is 0 Å². The van der Waals surface area contributed by atoms with Crippen LogP contribution in [-0.4, -0.2) is 40.7 Å². The number of halogens is 1. The number of aliphatic hydroxyl groups excluding tert-OH is 1. The van der Waals surface area contributed by atoms with E-state index in [1.54, 1.807) is 12.4 Å². The third-order valence-electron chi connectivity index (χ3n) is 4.63. The molecule has 128 valence electrons. The van der Waals surface area contributed by atoms with Gasteiger partial charge in [0.15, 0.2) is 0 Å². The molecule has 1 saturated heterocycles. The van der Waals surface area contributed by atoms with Crippen LogP contribution in [0.25, 0.3) is 0 Å². The fourth-order valence-electron chi connectivity index (χ4n) is 3.14. The number of hydrogen-bond acceptors (Lipinski definition) is 4. The number of aliphatic hydroxyl groups is 1. The molecule has 2 aromatic rings. The van der Waals surface area contributed by atoms with Crippen LogP contribution in [0.3, 0.4) is 0 Å². The Kier molecular flexibility index (Phi) is 6.21. The quantitative estimate of drug-likeness (QED) is 0.845. The molecule has 0 radical (unpaired) electrons. The number of hydrogen-bond donors (Lipinski definition) is 2. The molecule has 3 rings (SSSR count). The van der Waals surface area contributed by atoms with Gasteiger partial charge in [0, 0.05) is 36.5 Å². The van der Waals surface area contributed by atoms with Crippen LogP contribution in [0.2, 0.25) is 5.02 Å². The largest absolute Gasteiger partial charge is 0.387 e. The highest BCUT2D eigenvalue weighted by Gasteiger charge is 2.20. The molecule has 0 bridgehead atoms. The zero-order chi connectivity index (χ0) is 16.8. The van der Waals surface area contributed by atoms with Gasteiger partial charge in [-0.15, -0.1) is 0 Å². The minimum atomic E-state index is -0.478. The second-order valence-corrected chi connectivity index (χ2v) is 6.75. The van der Waals surface area contributed by atoms with Gasteiger partial charge in [0.2, 0.25) is 0 Å². The van der Waals surface area contributed by atoms with Gasteiger partial charge in [-0.2, -0.15) is 0 Å². The second-order valence-electron chi connectivity index (χ2n) is 6.35. The highest BCUT2D eigenvalue weighted by Crippen LogP contribution is 2.20. The molecule has 0 spiro atoms. The molecule has 0 saturated carbocycles. The van der Waals surface area contributed by atoms with Crippen molar-refractivity contribution in [3.63, 3.8) is 0 Å². The predicted molar refractivity (Wildman–Crippen MR) is 97.0 cm³/mol. The monoisotopic (exact) mass is 345 g/mol. The van der Waals surface area contributed by atoms with Gasteiger partial charge < -0.3 is 10.4 Å². The van der Waals surface area contributed by atoms with E-state index in [0.29, 0.717) is 12.6 Å². The first-order chi connectivity index (χ1) is 11.7. The van der Waals surface area contributed by atoms with E-state index in [1.165, 1.54) is 5.56 Å². The summed E-state index contributed by atoms with van der Waals surface area (Å²) in [5.41, 5.74) is 2.10. The lowest BCUT2D eigenvalue weighted by molar-refractivity contribution is 0.149. The molecule has 24 heavy (non-hydrogen) atoms. The van der Waals surface area contributed by atoms with E-state index in [4.69, 9.17) is 11.6 Å². The summed E-state index contributed by atoms with van der Waals surface area (Å²) in [6.45, 7) is 3.59. The Morgan fingerprint density at radius 1 is 1.17 bits per heavy atom. The fourth-order valence-corrected chi connectivity index (χ4v) is 3.34. The Morgan fingerprint density at radius 3 is 2.58 bits per heavy atom. The van der Waals surface area contributed by atoms with Gasteiger partial charge in [0.05, 0.1) is 6.10 Å². The SMILES string of the molecule is OC(CNC1CCN(Cc2ccccc2Cl)CC1)c1ccncc1. The van der Waals surface area contributed by atoms with E-state index in [0.717, 1.165) is 43.1 Å². The van der Waals surface area contributed by atoms with E-state index in [9.17, 15) is 5.11 Å². The minimum absolute atomic E-state index is 0.462. The average Bonchev–Trinajstić information content (AvgIpc) is 2.63. The van der Waals surface area contributed by atoms with Crippen molar-refractivity contribution in [2.45, 2.75) is 31.5 Å². The summed E-state index contributed by atoms with van der Waals surface area (Å²) in [5, 5.41) is 14.6. The van der Waals surface area contributed by atoms with Crippen LogP contribution in [0.5, 0.6) is 0 Å². The summed E-state index contributed by atoms with van der Waals surface area (Å²) >= 11 is 6.24. The van der Waals surface area contributed by atoms with E-state index in [1.807, 2.05) is 30.3 Å². The van der Waals surface area contributed by atoms with E-state index in [2.05, 4.69) is 21.3 Å². The minimum Gasteiger partial charge on any atom is -0.387 e. The molecule has 1 fully saturated rings. The zero-order valence-corrected chi connectivity index (χ0v) is 14.5. The summed E-state index contributed by atoms with van der Waals surface area (Å²) in [6, 6.07) is 12.2. The first-order valence-corrected chi connectivity index (χ1v) is 8.87. The molecule has 1 aromatic carbocycles. The summed E-state index contributed by atoms with van der Waals surface area (Å²) in [4.78, 5) is 6.42. The maximum atomic E-state index is 10.2. The lowest BCUT2D eigenvalue weighted by Crippen LogP contribution is -2.43. The summed E-state index contributed by atoms with van der Waals surface area (Å²) in [5.74, 6) is 0. The smallest absolute Gasteiger partial charge is 0.0915 e. The van der Waals surface area contributed by atoms with Gasteiger partial charge in [0.25, 0.3) is 0 Å². The van der Waals surface area contributed by atoms with Crippen molar-refractivity contribution in [2.24, 2.45) is 0 Å². The van der Waals surface area contributed by atoms with Crippen molar-refractivity contribution in [1.82, 2.24) is 15.2 Å². The van der Waals surface area contributed by atoms with Crippen LogP contribution < -0.4 is 5.32 Å². The third kappa shape index (κ3) is 4.77. The Bertz CT molecular complexity index is 630. The van der Waals surface area contributed by atoms with Crippen molar-refractivity contribution in [1.29, 1.82) is 0 Å². The van der Waals surface area contributed by atoms with E-state index >= 15 is 0 Å². The molecular weight excluding hydrogens is 322 g/mol. The Morgan fingerprint density at radius 2 is 1.88 bits per heavy atom. The zero-order valence-electron chi connectivity index (χ0n) is 13.7. The molecule has 1 aliphatic rings. The molecule has 1 aliphatic heterocycles. The second kappa shape index (κ2) is 8.58. The summed E-state index contributed by atoms with van der Waals surface area (Å²) < 4.78 is 0. The maximum Gasteiger partial charge on any atom is 0.0915 e. The number of rotatable bonds is 6. The Labute approximate surface area is 148 Å². The van der Waals surface area contributed by atoms with Crippen LogP contribution >= 0.6 is 11.6 Å². The van der Waals surface area contributed by atoms with Crippen LogP contribution in [-0.2, 0) is 6.54 Å². The van der Waals surface area contributed by atoms with Gasteiger partial charge in [-0.3, -0.25) is 9.88 Å². The number of aromatic nitrogens is 1. The van der Waals surface area contributed by atoms with Crippen molar-refractivity contribution < 1.29 is 5.11 Å². The summed E-state index contributed by atoms with van der Waals surface area (Å²) in [7, 11) is 0.